The molecule has 0 saturated carbocycles. The van der Waals surface area contributed by atoms with E-state index in [-0.39, 0.29) is 5.92 Å². The number of hydrogen-bond donors (Lipinski definition) is 0. The average Bonchev–Trinajstić information content (AvgIpc) is 3.19. The molecular formula is C49H41N. The van der Waals surface area contributed by atoms with Gasteiger partial charge in [-0.1, -0.05) is 171 Å². The summed E-state index contributed by atoms with van der Waals surface area (Å²) in [6.45, 7) is 8.56. The third-order valence-corrected chi connectivity index (χ3v) is 9.43. The maximum Gasteiger partial charge on any atom is 0.0467 e. The topological polar surface area (TPSA) is 3.24 Å². The van der Waals surface area contributed by atoms with Gasteiger partial charge in [0.1, 0.15) is 0 Å². The van der Waals surface area contributed by atoms with Crippen LogP contribution in [0.1, 0.15) is 40.7 Å². The minimum atomic E-state index is 0.257. The lowest BCUT2D eigenvalue weighted by Crippen LogP contribution is -2.10. The molecular weight excluding hydrogens is 603 g/mol. The van der Waals surface area contributed by atoms with Crippen molar-refractivity contribution < 1.29 is 0 Å². The van der Waals surface area contributed by atoms with Crippen molar-refractivity contribution in [2.75, 3.05) is 4.90 Å². The molecule has 7 aromatic rings. The van der Waals surface area contributed by atoms with Crippen LogP contribution in [0.4, 0.5) is 17.1 Å². The van der Waals surface area contributed by atoms with Gasteiger partial charge in [-0.2, -0.15) is 0 Å². The molecule has 0 aromatic heterocycles. The van der Waals surface area contributed by atoms with Crippen molar-refractivity contribution in [1.82, 2.24) is 0 Å². The molecule has 1 nitrogen and oxygen atoms in total. The summed E-state index contributed by atoms with van der Waals surface area (Å²) in [4.78, 5) is 2.37. The molecule has 242 valence electrons. The van der Waals surface area contributed by atoms with Crippen molar-refractivity contribution in [3.8, 4) is 22.3 Å². The maximum atomic E-state index is 4.10. The van der Waals surface area contributed by atoms with Crippen LogP contribution < -0.4 is 4.90 Å². The molecule has 0 spiro atoms. The van der Waals surface area contributed by atoms with E-state index in [9.17, 15) is 0 Å². The van der Waals surface area contributed by atoms with Gasteiger partial charge >= 0.3 is 0 Å². The highest BCUT2D eigenvalue weighted by molar-refractivity contribution is 5.86. The Hall–Kier alpha value is -6.18. The maximum absolute atomic E-state index is 4.10. The first-order valence-electron chi connectivity index (χ1n) is 17.3. The van der Waals surface area contributed by atoms with E-state index in [1.807, 2.05) is 6.08 Å². The second-order valence-electron chi connectivity index (χ2n) is 12.7. The first-order chi connectivity index (χ1) is 24.6. The van der Waals surface area contributed by atoms with Gasteiger partial charge in [-0.05, 0) is 105 Å². The normalized spacial score (nSPS) is 11.9. The summed E-state index contributed by atoms with van der Waals surface area (Å²) in [5, 5.41) is 0. The molecule has 0 aliphatic rings. The van der Waals surface area contributed by atoms with Gasteiger partial charge in [0.25, 0.3) is 0 Å². The first kappa shape index (κ1) is 32.4. The monoisotopic (exact) mass is 643 g/mol. The van der Waals surface area contributed by atoms with Crippen LogP contribution in [0.5, 0.6) is 0 Å². The van der Waals surface area contributed by atoms with Crippen LogP contribution in [0.25, 0.3) is 33.9 Å². The molecule has 1 heteroatoms. The number of hydrogen-bond acceptors (Lipinski definition) is 1. The van der Waals surface area contributed by atoms with E-state index < -0.39 is 0 Å². The Kier molecular flexibility index (Phi) is 9.67. The number of nitrogens with zero attached hydrogens (tertiary/aromatic N) is 1. The predicted molar refractivity (Wildman–Crippen MR) is 215 cm³/mol. The Morgan fingerprint density at radius 1 is 0.520 bits per heavy atom. The van der Waals surface area contributed by atoms with Gasteiger partial charge in [-0.3, -0.25) is 0 Å². The summed E-state index contributed by atoms with van der Waals surface area (Å²) in [5.74, 6) is 0.257. The second-order valence-corrected chi connectivity index (χ2v) is 12.7. The average molecular weight is 644 g/mol. The van der Waals surface area contributed by atoms with Crippen molar-refractivity contribution in [1.29, 1.82) is 0 Å². The van der Waals surface area contributed by atoms with E-state index in [0.717, 1.165) is 22.6 Å². The molecule has 0 saturated heterocycles. The van der Waals surface area contributed by atoms with Crippen LogP contribution in [0.15, 0.2) is 195 Å². The van der Waals surface area contributed by atoms with E-state index in [1.54, 1.807) is 0 Å². The lowest BCUT2D eigenvalue weighted by Gasteiger charge is -2.27. The number of allylic oxidation sites excluding steroid dienone is 1. The Morgan fingerprint density at radius 3 is 1.82 bits per heavy atom. The van der Waals surface area contributed by atoms with Crippen LogP contribution in [0, 0.1) is 6.92 Å². The molecule has 0 amide bonds. The predicted octanol–water partition coefficient (Wildman–Crippen LogP) is 13.7. The van der Waals surface area contributed by atoms with Crippen LogP contribution in [-0.4, -0.2) is 0 Å². The largest absolute Gasteiger partial charge is 0.310 e. The summed E-state index contributed by atoms with van der Waals surface area (Å²) >= 11 is 0. The molecule has 0 heterocycles. The lowest BCUT2D eigenvalue weighted by molar-refractivity contribution is 0.969. The number of anilines is 3. The molecule has 50 heavy (non-hydrogen) atoms. The highest BCUT2D eigenvalue weighted by Gasteiger charge is 2.17. The van der Waals surface area contributed by atoms with Gasteiger partial charge in [-0.15, -0.1) is 0 Å². The van der Waals surface area contributed by atoms with Crippen molar-refractivity contribution in [3.63, 3.8) is 0 Å². The van der Waals surface area contributed by atoms with Gasteiger partial charge in [0, 0.05) is 17.1 Å². The summed E-state index contributed by atoms with van der Waals surface area (Å²) in [5.41, 5.74) is 15.3. The fourth-order valence-electron chi connectivity index (χ4n) is 6.73. The minimum Gasteiger partial charge on any atom is -0.310 e. The zero-order valence-electron chi connectivity index (χ0n) is 28.7. The van der Waals surface area contributed by atoms with E-state index in [2.05, 4.69) is 213 Å². The van der Waals surface area contributed by atoms with Gasteiger partial charge < -0.3 is 4.90 Å². The first-order valence-corrected chi connectivity index (χ1v) is 17.3. The lowest BCUT2D eigenvalue weighted by atomic mass is 9.91. The van der Waals surface area contributed by atoms with Crippen molar-refractivity contribution in [2.24, 2.45) is 0 Å². The van der Waals surface area contributed by atoms with Gasteiger partial charge in [0.05, 0.1) is 0 Å². The van der Waals surface area contributed by atoms with Crippen LogP contribution in [-0.2, 0) is 0 Å². The number of rotatable bonds is 10. The molecule has 1 unspecified atom stereocenters. The smallest absolute Gasteiger partial charge is 0.0467 e. The van der Waals surface area contributed by atoms with E-state index in [4.69, 9.17) is 0 Å². The zero-order valence-corrected chi connectivity index (χ0v) is 28.7. The Labute approximate surface area is 297 Å². The van der Waals surface area contributed by atoms with Gasteiger partial charge in [0.15, 0.2) is 0 Å². The SMILES string of the molecule is C=Cc1ccccc1-c1cc(N(c2ccc(/C(=C\C(C)c3ccccc3)c3ccccc3)cc2)c2cccc(-c3ccccc3)c2)ccc1C. The zero-order chi connectivity index (χ0) is 34.3. The highest BCUT2D eigenvalue weighted by Crippen LogP contribution is 2.40. The standard InChI is InChI=1S/C49H41N/c1-4-38-17-14-15-26-47(38)48-35-46(30-27-36(48)2)50(45-25-16-24-43(34-45)40-20-10-6-11-21-40)44-31-28-42(29-32-44)49(41-22-12-7-13-23-41)33-37(3)39-18-8-5-9-19-39/h4-35,37H,1H2,2-3H3/b49-33-. The van der Waals surface area contributed by atoms with Gasteiger partial charge in [0.2, 0.25) is 0 Å². The molecule has 1 atom stereocenters. The molecule has 0 aliphatic heterocycles. The molecule has 0 aliphatic carbocycles. The van der Waals surface area contributed by atoms with Crippen molar-refractivity contribution in [2.45, 2.75) is 19.8 Å². The van der Waals surface area contributed by atoms with Crippen LogP contribution >= 0.6 is 0 Å². The van der Waals surface area contributed by atoms with E-state index in [1.165, 1.54) is 50.1 Å². The molecule has 7 rings (SSSR count). The fraction of sp³-hybridized carbons (Fsp3) is 0.0612. The number of aryl methyl sites for hydroxylation is 1. The summed E-state index contributed by atoms with van der Waals surface area (Å²) in [6, 6.07) is 65.2. The Balaban J connectivity index is 1.35. The van der Waals surface area contributed by atoms with Crippen LogP contribution in [0.3, 0.4) is 0 Å². The van der Waals surface area contributed by atoms with Gasteiger partial charge in [-0.25, -0.2) is 0 Å². The Bertz CT molecular complexity index is 2230. The molecule has 0 bridgehead atoms. The third kappa shape index (κ3) is 6.99. The van der Waals surface area contributed by atoms with Crippen LogP contribution in [0.2, 0.25) is 0 Å². The van der Waals surface area contributed by atoms with E-state index >= 15 is 0 Å². The molecule has 0 radical (unpaired) electrons. The minimum absolute atomic E-state index is 0.257. The number of benzene rings is 7. The molecule has 0 N–H and O–H groups in total. The van der Waals surface area contributed by atoms with E-state index in [0.29, 0.717) is 0 Å². The molecule has 0 fully saturated rings. The summed E-state index contributed by atoms with van der Waals surface area (Å²) < 4.78 is 0. The Morgan fingerprint density at radius 2 is 1.10 bits per heavy atom. The second kappa shape index (κ2) is 14.9. The quantitative estimate of drug-likeness (QED) is 0.143. The summed E-state index contributed by atoms with van der Waals surface area (Å²) in [6.07, 6.45) is 4.34. The van der Waals surface area contributed by atoms with Crippen molar-refractivity contribution in [3.05, 3.63) is 222 Å². The molecule has 7 aromatic carbocycles. The fourth-order valence-corrected chi connectivity index (χ4v) is 6.73. The van der Waals surface area contributed by atoms with Crippen molar-refractivity contribution >= 4 is 28.7 Å². The summed E-state index contributed by atoms with van der Waals surface area (Å²) in [7, 11) is 0. The third-order valence-electron chi connectivity index (χ3n) is 9.43. The highest BCUT2D eigenvalue weighted by atomic mass is 15.1.